The molecule has 0 aromatic heterocycles. The maximum atomic E-state index is 12.4. The van der Waals surface area contributed by atoms with Crippen molar-refractivity contribution in [1.29, 1.82) is 0 Å². The Hall–Kier alpha value is -1.55. The van der Waals surface area contributed by atoms with Crippen LogP contribution in [0.5, 0.6) is 0 Å². The van der Waals surface area contributed by atoms with Crippen LogP contribution in [0, 0.1) is 0 Å². The van der Waals surface area contributed by atoms with Crippen molar-refractivity contribution in [2.24, 2.45) is 0 Å². The molecule has 0 saturated carbocycles. The second kappa shape index (κ2) is 7.82. The van der Waals surface area contributed by atoms with Crippen molar-refractivity contribution in [2.45, 2.75) is 58.7 Å². The van der Waals surface area contributed by atoms with Crippen LogP contribution in [0.4, 0.5) is 4.79 Å². The molecular weight excluding hydrogens is 288 g/mol. The molecule has 0 aliphatic carbocycles. The maximum Gasteiger partial charge on any atom is 0.410 e. The summed E-state index contributed by atoms with van der Waals surface area (Å²) in [7, 11) is 0. The summed E-state index contributed by atoms with van der Waals surface area (Å²) in [5, 5.41) is 0. The lowest BCUT2D eigenvalue weighted by molar-refractivity contribution is 0.0228. The summed E-state index contributed by atoms with van der Waals surface area (Å²) >= 11 is 0. The molecule has 1 aromatic carbocycles. The highest BCUT2D eigenvalue weighted by Crippen LogP contribution is 2.18. The van der Waals surface area contributed by atoms with E-state index < -0.39 is 5.60 Å². The molecule has 2 rings (SSSR count). The summed E-state index contributed by atoms with van der Waals surface area (Å²) in [6.07, 6.45) is 1.84. The molecule has 23 heavy (non-hydrogen) atoms. The van der Waals surface area contributed by atoms with Gasteiger partial charge in [0.1, 0.15) is 5.60 Å². The Balaban J connectivity index is 2.01. The average molecular weight is 318 g/mol. The van der Waals surface area contributed by atoms with Gasteiger partial charge in [-0.25, -0.2) is 4.79 Å². The lowest BCUT2D eigenvalue weighted by atomic mass is 10.1. The minimum atomic E-state index is -0.436. The van der Waals surface area contributed by atoms with E-state index in [1.807, 2.05) is 31.7 Å². The van der Waals surface area contributed by atoms with E-state index in [1.54, 1.807) is 0 Å². The van der Waals surface area contributed by atoms with Gasteiger partial charge >= 0.3 is 6.09 Å². The molecule has 4 nitrogen and oxygen atoms in total. The van der Waals surface area contributed by atoms with Gasteiger partial charge < -0.3 is 9.64 Å². The Morgan fingerprint density at radius 3 is 2.52 bits per heavy atom. The average Bonchev–Trinajstić information content (AvgIpc) is 2.69. The first-order valence-electron chi connectivity index (χ1n) is 8.65. The van der Waals surface area contributed by atoms with Crippen molar-refractivity contribution in [3.05, 3.63) is 35.9 Å². The molecule has 1 fully saturated rings. The monoisotopic (exact) mass is 318 g/mol. The number of hydrogen-bond donors (Lipinski definition) is 0. The van der Waals surface area contributed by atoms with E-state index in [0.29, 0.717) is 6.04 Å². The highest BCUT2D eigenvalue weighted by Gasteiger charge is 2.29. The molecule has 1 aromatic rings. The van der Waals surface area contributed by atoms with Crippen molar-refractivity contribution in [3.63, 3.8) is 0 Å². The van der Waals surface area contributed by atoms with Gasteiger partial charge in [-0.1, -0.05) is 37.3 Å². The quantitative estimate of drug-likeness (QED) is 0.847. The van der Waals surface area contributed by atoms with Gasteiger partial charge in [0.2, 0.25) is 0 Å². The normalized spacial score (nSPS) is 20.2. The van der Waals surface area contributed by atoms with Gasteiger partial charge in [-0.2, -0.15) is 0 Å². The fourth-order valence-electron chi connectivity index (χ4n) is 3.01. The number of hydrogen-bond acceptors (Lipinski definition) is 3. The van der Waals surface area contributed by atoms with E-state index in [2.05, 4.69) is 36.1 Å². The minimum absolute atomic E-state index is 0.183. The van der Waals surface area contributed by atoms with E-state index in [0.717, 1.165) is 39.0 Å². The predicted octanol–water partition coefficient (Wildman–Crippen LogP) is 3.91. The maximum absolute atomic E-state index is 12.4. The second-order valence-corrected chi connectivity index (χ2v) is 7.30. The number of ether oxygens (including phenoxy) is 1. The number of amides is 1. The van der Waals surface area contributed by atoms with Crippen molar-refractivity contribution in [2.75, 3.05) is 19.6 Å². The third-order valence-corrected chi connectivity index (χ3v) is 4.17. The molecule has 1 atom stereocenters. The summed E-state index contributed by atoms with van der Waals surface area (Å²) in [4.78, 5) is 16.8. The Kier molecular flexibility index (Phi) is 6.05. The first-order chi connectivity index (χ1) is 10.9. The molecule has 1 amide bonds. The molecule has 0 radical (unpaired) electrons. The van der Waals surface area contributed by atoms with E-state index in [1.165, 1.54) is 5.56 Å². The Morgan fingerprint density at radius 1 is 1.22 bits per heavy atom. The first kappa shape index (κ1) is 17.8. The zero-order chi connectivity index (χ0) is 16.9. The standard InChI is InChI=1S/C19H30N2O2/c1-5-17-15-21(18(22)23-19(2,3)4)13-9-12-20(17)14-16-10-7-6-8-11-16/h6-8,10-11,17H,5,9,12-15H2,1-4H3/t17-/m1/s1. The summed E-state index contributed by atoms with van der Waals surface area (Å²) in [5.74, 6) is 0. The lowest BCUT2D eigenvalue weighted by Crippen LogP contribution is -2.44. The summed E-state index contributed by atoms with van der Waals surface area (Å²) < 4.78 is 5.55. The SMILES string of the molecule is CC[C@@H]1CN(C(=O)OC(C)(C)C)CCCN1Cc1ccccc1. The van der Waals surface area contributed by atoms with Crippen LogP contribution >= 0.6 is 0 Å². The van der Waals surface area contributed by atoms with Crippen molar-refractivity contribution in [3.8, 4) is 0 Å². The number of carbonyl (C=O) groups excluding carboxylic acids is 1. The molecule has 1 aliphatic rings. The van der Waals surface area contributed by atoms with Gasteiger partial charge in [0.25, 0.3) is 0 Å². The zero-order valence-corrected chi connectivity index (χ0v) is 14.9. The van der Waals surface area contributed by atoms with Crippen LogP contribution in [0.3, 0.4) is 0 Å². The fraction of sp³-hybridized carbons (Fsp3) is 0.632. The van der Waals surface area contributed by atoms with Gasteiger partial charge in [-0.3, -0.25) is 4.90 Å². The summed E-state index contributed by atoms with van der Waals surface area (Å²) in [6.45, 7) is 11.4. The van der Waals surface area contributed by atoms with Crippen molar-refractivity contribution >= 4 is 6.09 Å². The molecule has 4 heteroatoms. The Labute approximate surface area is 140 Å². The van der Waals surface area contributed by atoms with Crippen LogP contribution < -0.4 is 0 Å². The van der Waals surface area contributed by atoms with Gasteiger partial charge in [0.15, 0.2) is 0 Å². The first-order valence-corrected chi connectivity index (χ1v) is 8.65. The molecule has 1 aliphatic heterocycles. The summed E-state index contributed by atoms with van der Waals surface area (Å²) in [5.41, 5.74) is 0.895. The van der Waals surface area contributed by atoms with E-state index in [9.17, 15) is 4.79 Å². The van der Waals surface area contributed by atoms with Gasteiger partial charge in [0, 0.05) is 32.2 Å². The number of carbonyl (C=O) groups is 1. The fourth-order valence-corrected chi connectivity index (χ4v) is 3.01. The van der Waals surface area contributed by atoms with Gasteiger partial charge in [0.05, 0.1) is 0 Å². The Bertz CT molecular complexity index is 496. The number of benzene rings is 1. The highest BCUT2D eigenvalue weighted by atomic mass is 16.6. The third kappa shape index (κ3) is 5.54. The van der Waals surface area contributed by atoms with Crippen molar-refractivity contribution in [1.82, 2.24) is 9.80 Å². The van der Waals surface area contributed by atoms with Crippen molar-refractivity contribution < 1.29 is 9.53 Å². The third-order valence-electron chi connectivity index (χ3n) is 4.17. The molecule has 0 spiro atoms. The van der Waals surface area contributed by atoms with E-state index >= 15 is 0 Å². The van der Waals surface area contributed by atoms with Crippen LogP contribution in [0.15, 0.2) is 30.3 Å². The van der Waals surface area contributed by atoms with Crippen LogP contribution in [0.1, 0.15) is 46.1 Å². The second-order valence-electron chi connectivity index (χ2n) is 7.30. The highest BCUT2D eigenvalue weighted by molar-refractivity contribution is 5.68. The van der Waals surface area contributed by atoms with Crippen LogP contribution in [0.2, 0.25) is 0 Å². The van der Waals surface area contributed by atoms with E-state index in [-0.39, 0.29) is 6.09 Å². The van der Waals surface area contributed by atoms with Crippen LogP contribution in [0.25, 0.3) is 0 Å². The number of rotatable bonds is 3. The lowest BCUT2D eigenvalue weighted by Gasteiger charge is -2.32. The molecule has 0 N–H and O–H groups in total. The predicted molar refractivity (Wildman–Crippen MR) is 93.4 cm³/mol. The van der Waals surface area contributed by atoms with Gasteiger partial charge in [-0.15, -0.1) is 0 Å². The van der Waals surface area contributed by atoms with Crippen LogP contribution in [-0.2, 0) is 11.3 Å². The molecule has 1 heterocycles. The molecule has 1 saturated heterocycles. The smallest absolute Gasteiger partial charge is 0.410 e. The van der Waals surface area contributed by atoms with Gasteiger partial charge in [-0.05, 0) is 39.2 Å². The zero-order valence-electron chi connectivity index (χ0n) is 14.9. The molecule has 0 unspecified atom stereocenters. The summed E-state index contributed by atoms with van der Waals surface area (Å²) in [6, 6.07) is 10.9. The molecular formula is C19H30N2O2. The molecule has 0 bridgehead atoms. The van der Waals surface area contributed by atoms with E-state index in [4.69, 9.17) is 4.74 Å². The van der Waals surface area contributed by atoms with Crippen LogP contribution in [-0.4, -0.2) is 47.2 Å². The Morgan fingerprint density at radius 2 is 1.91 bits per heavy atom. The largest absolute Gasteiger partial charge is 0.444 e. The molecule has 128 valence electrons. The number of nitrogens with zero attached hydrogens (tertiary/aromatic N) is 2. The minimum Gasteiger partial charge on any atom is -0.444 e. The topological polar surface area (TPSA) is 32.8 Å².